The molecular formula is C20H23N5. The molecule has 2 aromatic heterocycles. The van der Waals surface area contributed by atoms with Crippen molar-refractivity contribution < 1.29 is 0 Å². The highest BCUT2D eigenvalue weighted by Gasteiger charge is 2.24. The number of fused-ring (bicyclic) bond motifs is 1. The Labute approximate surface area is 147 Å². The fourth-order valence-electron chi connectivity index (χ4n) is 3.90. The Balaban J connectivity index is 1.51. The van der Waals surface area contributed by atoms with Gasteiger partial charge in [0.2, 0.25) is 0 Å². The zero-order valence-corrected chi connectivity index (χ0v) is 14.8. The number of imidazole rings is 1. The molecule has 25 heavy (non-hydrogen) atoms. The van der Waals surface area contributed by atoms with Crippen LogP contribution in [-0.2, 0) is 13.6 Å². The molecular weight excluding hydrogens is 310 g/mol. The van der Waals surface area contributed by atoms with Gasteiger partial charge in [0.25, 0.3) is 0 Å². The van der Waals surface area contributed by atoms with E-state index in [9.17, 15) is 0 Å². The van der Waals surface area contributed by atoms with Gasteiger partial charge in [0.1, 0.15) is 17.6 Å². The Morgan fingerprint density at radius 2 is 2.28 bits per heavy atom. The summed E-state index contributed by atoms with van der Waals surface area (Å²) < 4.78 is 1.90. The number of aromatic amines is 1. The Bertz CT molecular complexity index is 943. The van der Waals surface area contributed by atoms with Gasteiger partial charge in [-0.25, -0.2) is 4.98 Å². The van der Waals surface area contributed by atoms with Crippen LogP contribution in [0.5, 0.6) is 0 Å². The van der Waals surface area contributed by atoms with E-state index in [1.807, 2.05) is 17.7 Å². The van der Waals surface area contributed by atoms with Crippen LogP contribution in [-0.4, -0.2) is 32.5 Å². The molecule has 0 saturated carbocycles. The highest BCUT2D eigenvalue weighted by atomic mass is 15.1. The van der Waals surface area contributed by atoms with Crippen LogP contribution < -0.4 is 0 Å². The molecule has 1 atom stereocenters. The van der Waals surface area contributed by atoms with E-state index >= 15 is 0 Å². The van der Waals surface area contributed by atoms with Gasteiger partial charge < -0.3 is 9.55 Å². The fraction of sp³-hybridized carbons (Fsp3) is 0.400. The van der Waals surface area contributed by atoms with Crippen LogP contribution >= 0.6 is 0 Å². The minimum absolute atomic E-state index is 0.444. The van der Waals surface area contributed by atoms with E-state index in [4.69, 9.17) is 10.2 Å². The predicted octanol–water partition coefficient (Wildman–Crippen LogP) is 3.46. The van der Waals surface area contributed by atoms with Gasteiger partial charge in [-0.2, -0.15) is 5.26 Å². The normalized spacial score (nSPS) is 18.5. The largest absolute Gasteiger partial charge is 0.342 e. The van der Waals surface area contributed by atoms with Crippen LogP contribution in [0, 0.1) is 18.3 Å². The Kier molecular flexibility index (Phi) is 4.06. The second-order valence-corrected chi connectivity index (χ2v) is 7.12. The highest BCUT2D eigenvalue weighted by Crippen LogP contribution is 2.28. The predicted molar refractivity (Wildman–Crippen MR) is 98.2 cm³/mol. The lowest BCUT2D eigenvalue weighted by Crippen LogP contribution is -2.34. The number of nitrogens with zero attached hydrogens (tertiary/aromatic N) is 4. The smallest absolute Gasteiger partial charge is 0.120 e. The van der Waals surface area contributed by atoms with Gasteiger partial charge in [0.05, 0.1) is 11.0 Å². The van der Waals surface area contributed by atoms with Crippen LogP contribution in [0.2, 0.25) is 0 Å². The molecule has 1 aromatic carbocycles. The summed E-state index contributed by atoms with van der Waals surface area (Å²) in [6, 6.07) is 10.5. The van der Waals surface area contributed by atoms with Gasteiger partial charge in [0, 0.05) is 32.3 Å². The van der Waals surface area contributed by atoms with Crippen molar-refractivity contribution >= 4 is 11.0 Å². The van der Waals surface area contributed by atoms with Crippen molar-refractivity contribution in [3.05, 3.63) is 53.1 Å². The summed E-state index contributed by atoms with van der Waals surface area (Å²) in [5, 5.41) is 9.12. The van der Waals surface area contributed by atoms with Crippen molar-refractivity contribution in [1.82, 2.24) is 19.4 Å². The molecule has 1 N–H and O–H groups in total. The van der Waals surface area contributed by atoms with Crippen LogP contribution in [0.1, 0.15) is 41.4 Å². The van der Waals surface area contributed by atoms with Crippen molar-refractivity contribution in [1.29, 1.82) is 5.26 Å². The molecule has 1 aliphatic rings. The first-order valence-electron chi connectivity index (χ1n) is 8.87. The van der Waals surface area contributed by atoms with Gasteiger partial charge in [-0.1, -0.05) is 12.1 Å². The van der Waals surface area contributed by atoms with Crippen molar-refractivity contribution in [3.8, 4) is 6.07 Å². The molecule has 0 spiro atoms. The van der Waals surface area contributed by atoms with Crippen molar-refractivity contribution in [2.24, 2.45) is 7.05 Å². The average Bonchev–Trinajstić information content (AvgIpc) is 3.19. The van der Waals surface area contributed by atoms with Crippen molar-refractivity contribution in [2.75, 3.05) is 13.1 Å². The lowest BCUT2D eigenvalue weighted by molar-refractivity contribution is 0.197. The second kappa shape index (κ2) is 6.38. The summed E-state index contributed by atoms with van der Waals surface area (Å²) in [5.74, 6) is 1.56. The molecule has 4 rings (SSSR count). The Hall–Kier alpha value is -2.58. The first kappa shape index (κ1) is 15.9. The molecule has 128 valence electrons. The summed E-state index contributed by atoms with van der Waals surface area (Å²) in [6.45, 7) is 5.12. The molecule has 1 aliphatic heterocycles. The molecule has 5 heteroatoms. The van der Waals surface area contributed by atoms with E-state index in [0.29, 0.717) is 5.92 Å². The molecule has 0 unspecified atom stereocenters. The Morgan fingerprint density at radius 3 is 3.04 bits per heavy atom. The summed E-state index contributed by atoms with van der Waals surface area (Å²) in [5.41, 5.74) is 5.38. The highest BCUT2D eigenvalue weighted by molar-refractivity contribution is 5.78. The van der Waals surface area contributed by atoms with Crippen molar-refractivity contribution in [2.45, 2.75) is 32.2 Å². The zero-order valence-electron chi connectivity index (χ0n) is 14.8. The maximum absolute atomic E-state index is 9.12. The standard InChI is InChI=1S/C20H23N5/c1-14-5-3-7-18-19(14)23-20(22-18)16-6-4-8-25(13-16)12-15-9-17(10-21)24(2)11-15/h3,5,7,9,11,16H,4,6,8,12-13H2,1-2H3,(H,22,23)/t16-/m1/s1. The number of H-pyrrole nitrogens is 1. The summed E-state index contributed by atoms with van der Waals surface area (Å²) >= 11 is 0. The SMILES string of the molecule is Cc1cccc2[nH]c([C@@H]3CCCN(Cc4cc(C#N)n(C)c4)C3)nc12. The lowest BCUT2D eigenvalue weighted by atomic mass is 9.97. The summed E-state index contributed by atoms with van der Waals surface area (Å²) in [6.07, 6.45) is 4.42. The third-order valence-corrected chi connectivity index (χ3v) is 5.21. The quantitative estimate of drug-likeness (QED) is 0.798. The molecule has 0 radical (unpaired) electrons. The van der Waals surface area contributed by atoms with E-state index in [-0.39, 0.29) is 0 Å². The van der Waals surface area contributed by atoms with E-state index in [2.05, 4.69) is 47.3 Å². The Morgan fingerprint density at radius 1 is 1.40 bits per heavy atom. The number of nitrogens with one attached hydrogen (secondary N) is 1. The number of hydrogen-bond acceptors (Lipinski definition) is 3. The van der Waals surface area contributed by atoms with Gasteiger partial charge in [-0.3, -0.25) is 4.90 Å². The molecule has 3 aromatic rings. The molecule has 0 aliphatic carbocycles. The fourth-order valence-corrected chi connectivity index (χ4v) is 3.90. The number of hydrogen-bond donors (Lipinski definition) is 1. The number of nitriles is 1. The molecule has 0 bridgehead atoms. The number of piperidine rings is 1. The van der Waals surface area contributed by atoms with Gasteiger partial charge in [-0.15, -0.1) is 0 Å². The average molecular weight is 333 g/mol. The summed E-state index contributed by atoms with van der Waals surface area (Å²) in [4.78, 5) is 10.9. The molecule has 1 saturated heterocycles. The maximum atomic E-state index is 9.12. The van der Waals surface area contributed by atoms with Crippen molar-refractivity contribution in [3.63, 3.8) is 0 Å². The monoisotopic (exact) mass is 333 g/mol. The molecule has 5 nitrogen and oxygen atoms in total. The van der Waals surface area contributed by atoms with Gasteiger partial charge in [-0.05, 0) is 49.6 Å². The van der Waals surface area contributed by atoms with Gasteiger partial charge >= 0.3 is 0 Å². The molecule has 3 heterocycles. The number of aromatic nitrogens is 3. The van der Waals surface area contributed by atoms with Crippen LogP contribution in [0.3, 0.4) is 0 Å². The van der Waals surface area contributed by atoms with E-state index < -0.39 is 0 Å². The van der Waals surface area contributed by atoms with E-state index in [1.165, 1.54) is 24.0 Å². The molecule has 1 fully saturated rings. The van der Waals surface area contributed by atoms with Gasteiger partial charge in [0.15, 0.2) is 0 Å². The third kappa shape index (κ3) is 3.06. The lowest BCUT2D eigenvalue weighted by Gasteiger charge is -2.31. The number of para-hydroxylation sites is 1. The number of benzene rings is 1. The minimum atomic E-state index is 0.444. The molecule has 0 amide bonds. The first-order chi connectivity index (χ1) is 12.1. The first-order valence-corrected chi connectivity index (χ1v) is 8.87. The van der Waals surface area contributed by atoms with E-state index in [1.54, 1.807) is 0 Å². The third-order valence-electron chi connectivity index (χ3n) is 5.21. The second-order valence-electron chi connectivity index (χ2n) is 7.12. The topological polar surface area (TPSA) is 60.6 Å². The summed E-state index contributed by atoms with van der Waals surface area (Å²) in [7, 11) is 1.93. The van der Waals surface area contributed by atoms with Crippen LogP contribution in [0.15, 0.2) is 30.5 Å². The van der Waals surface area contributed by atoms with E-state index in [0.717, 1.165) is 42.2 Å². The minimum Gasteiger partial charge on any atom is -0.342 e. The van der Waals surface area contributed by atoms with Crippen LogP contribution in [0.4, 0.5) is 0 Å². The number of aryl methyl sites for hydroxylation is 2. The van der Waals surface area contributed by atoms with Crippen LogP contribution in [0.25, 0.3) is 11.0 Å². The number of likely N-dealkylation sites (tertiary alicyclic amines) is 1. The zero-order chi connectivity index (χ0) is 17.4. The maximum Gasteiger partial charge on any atom is 0.120 e. The number of rotatable bonds is 3.